The third kappa shape index (κ3) is 3.67. The van der Waals surface area contributed by atoms with E-state index in [1.54, 1.807) is 30.3 Å². The molecule has 0 fully saturated rings. The zero-order chi connectivity index (χ0) is 19.4. The molecule has 1 heterocycles. The molecule has 0 radical (unpaired) electrons. The summed E-state index contributed by atoms with van der Waals surface area (Å²) >= 11 is 0. The number of hydrogen-bond donors (Lipinski definition) is 4. The van der Waals surface area contributed by atoms with Crippen molar-refractivity contribution in [2.24, 2.45) is 5.84 Å². The van der Waals surface area contributed by atoms with Crippen LogP contribution >= 0.6 is 0 Å². The van der Waals surface area contributed by atoms with Gasteiger partial charge < -0.3 is 0 Å². The van der Waals surface area contributed by atoms with Gasteiger partial charge in [0.15, 0.2) is 0 Å². The van der Waals surface area contributed by atoms with Crippen molar-refractivity contribution in [2.45, 2.75) is 0 Å². The molecule has 5 N–H and O–H groups in total. The number of anilines is 2. The number of carbonyl (C=O) groups excluding carboxylic acids is 2. The van der Waals surface area contributed by atoms with E-state index in [2.05, 4.69) is 10.4 Å². The highest BCUT2D eigenvalue weighted by Gasteiger charge is 2.17. The number of carbonyl (C=O) groups is 2. The number of amides is 2. The minimum absolute atomic E-state index is 0.00575. The van der Waals surface area contributed by atoms with Gasteiger partial charge in [0.25, 0.3) is 11.5 Å². The Labute approximate surface area is 152 Å². The predicted molar refractivity (Wildman–Crippen MR) is 99.4 cm³/mol. The minimum atomic E-state index is -0.744. The molecule has 0 saturated heterocycles. The Bertz CT molecular complexity index is 1080. The van der Waals surface area contributed by atoms with Crippen LogP contribution in [0, 0.1) is 0 Å². The fourth-order valence-corrected chi connectivity index (χ4v) is 2.66. The van der Waals surface area contributed by atoms with Crippen LogP contribution in [0.1, 0.15) is 10.4 Å². The molecule has 1 aromatic heterocycles. The van der Waals surface area contributed by atoms with Crippen molar-refractivity contribution in [3.05, 3.63) is 81.0 Å². The van der Waals surface area contributed by atoms with Crippen LogP contribution in [0.3, 0.4) is 0 Å². The highest BCUT2D eigenvalue weighted by Crippen LogP contribution is 2.30. The number of rotatable bonds is 5. The number of aromatic nitrogens is 2. The van der Waals surface area contributed by atoms with Gasteiger partial charge in [0, 0.05) is 11.6 Å². The first-order valence-electron chi connectivity index (χ1n) is 7.82. The largest absolute Gasteiger partial charge is 0.327 e. The molecule has 9 nitrogen and oxygen atoms in total. The molecule has 2 amide bonds. The molecule has 0 aliphatic carbocycles. The Balaban J connectivity index is 2.18. The molecule has 0 aliphatic rings. The summed E-state index contributed by atoms with van der Waals surface area (Å²) in [6.45, 7) is 0. The van der Waals surface area contributed by atoms with Crippen molar-refractivity contribution in [3.63, 3.8) is 0 Å². The smallest absolute Gasteiger partial charge is 0.293 e. The van der Waals surface area contributed by atoms with Crippen molar-refractivity contribution < 1.29 is 9.59 Å². The second-order valence-electron chi connectivity index (χ2n) is 5.52. The van der Waals surface area contributed by atoms with E-state index in [-0.39, 0.29) is 5.82 Å². The third-order valence-corrected chi connectivity index (χ3v) is 3.85. The maximum atomic E-state index is 12.1. The number of benzene rings is 2. The van der Waals surface area contributed by atoms with E-state index in [1.807, 2.05) is 11.1 Å². The normalized spacial score (nSPS) is 10.3. The topological polar surface area (TPSA) is 141 Å². The van der Waals surface area contributed by atoms with Crippen LogP contribution in [0.5, 0.6) is 0 Å². The SMILES string of the molecule is NNC(=O)c1ccc(N(C=O)c2cc(=O)[nH]c(=O)[nH]2)cc1-c1ccccc1. The average Bonchev–Trinajstić information content (AvgIpc) is 2.68. The number of aromatic amines is 2. The molecule has 0 spiro atoms. The van der Waals surface area contributed by atoms with Crippen molar-refractivity contribution in [1.29, 1.82) is 0 Å². The van der Waals surface area contributed by atoms with Crippen LogP contribution in [-0.4, -0.2) is 22.3 Å². The van der Waals surface area contributed by atoms with Crippen LogP contribution in [0.15, 0.2) is 64.2 Å². The van der Waals surface area contributed by atoms with E-state index >= 15 is 0 Å². The Hall–Kier alpha value is -3.98. The minimum Gasteiger partial charge on any atom is -0.293 e. The number of hydrazine groups is 1. The summed E-state index contributed by atoms with van der Waals surface area (Å²) in [5.74, 6) is 4.75. The van der Waals surface area contributed by atoms with E-state index < -0.39 is 17.2 Å². The molecule has 0 unspecified atom stereocenters. The van der Waals surface area contributed by atoms with Gasteiger partial charge in [0.05, 0.1) is 5.69 Å². The van der Waals surface area contributed by atoms with Gasteiger partial charge in [-0.25, -0.2) is 10.6 Å². The van der Waals surface area contributed by atoms with Gasteiger partial charge in [-0.1, -0.05) is 30.3 Å². The lowest BCUT2D eigenvalue weighted by Gasteiger charge is -2.19. The molecule has 0 aliphatic heterocycles. The summed E-state index contributed by atoms with van der Waals surface area (Å²) in [6.07, 6.45) is 0.456. The maximum absolute atomic E-state index is 12.1. The molecule has 9 heteroatoms. The van der Waals surface area contributed by atoms with Crippen molar-refractivity contribution >= 4 is 23.8 Å². The van der Waals surface area contributed by atoms with Crippen LogP contribution < -0.4 is 27.4 Å². The summed E-state index contributed by atoms with van der Waals surface area (Å²) in [6, 6.07) is 14.7. The van der Waals surface area contributed by atoms with Gasteiger partial charge in [-0.15, -0.1) is 0 Å². The van der Waals surface area contributed by atoms with Crippen LogP contribution in [0.4, 0.5) is 11.5 Å². The van der Waals surface area contributed by atoms with E-state index in [0.717, 1.165) is 16.5 Å². The molecule has 2 aromatic carbocycles. The Morgan fingerprint density at radius 2 is 1.78 bits per heavy atom. The summed E-state index contributed by atoms with van der Waals surface area (Å²) in [7, 11) is 0. The summed E-state index contributed by atoms with van der Waals surface area (Å²) in [5, 5.41) is 0. The quantitative estimate of drug-likeness (QED) is 0.227. The zero-order valence-electron chi connectivity index (χ0n) is 13.9. The number of nitrogens with one attached hydrogen (secondary N) is 3. The lowest BCUT2D eigenvalue weighted by atomic mass is 9.98. The molecule has 27 heavy (non-hydrogen) atoms. The number of hydrogen-bond acceptors (Lipinski definition) is 5. The second-order valence-corrected chi connectivity index (χ2v) is 5.52. The van der Waals surface area contributed by atoms with Gasteiger partial charge in [0.1, 0.15) is 5.82 Å². The first-order chi connectivity index (χ1) is 13.0. The summed E-state index contributed by atoms with van der Waals surface area (Å²) in [4.78, 5) is 52.3. The molecule has 136 valence electrons. The Kier molecular flexibility index (Phi) is 4.95. The van der Waals surface area contributed by atoms with Crippen LogP contribution in [-0.2, 0) is 4.79 Å². The van der Waals surface area contributed by atoms with Gasteiger partial charge in [-0.05, 0) is 29.3 Å². The average molecular weight is 365 g/mol. The molecule has 0 saturated carbocycles. The molecule has 0 bridgehead atoms. The highest BCUT2D eigenvalue weighted by molar-refractivity contribution is 6.02. The van der Waals surface area contributed by atoms with Crippen molar-refractivity contribution in [3.8, 4) is 11.1 Å². The monoisotopic (exact) mass is 365 g/mol. The standard InChI is InChI=1S/C18H15N5O4/c19-22-17(26)13-7-6-12(8-14(13)11-4-2-1-3-5-11)23(10-24)15-9-16(25)21-18(27)20-15/h1-10H,19H2,(H,22,26)(H2,20,21,25,27). The van der Waals surface area contributed by atoms with Crippen LogP contribution in [0.25, 0.3) is 11.1 Å². The van der Waals surface area contributed by atoms with Gasteiger partial charge in [-0.2, -0.15) is 0 Å². The number of nitrogen functional groups attached to an aromatic ring is 1. The van der Waals surface area contributed by atoms with Crippen molar-refractivity contribution in [2.75, 3.05) is 4.90 Å². The predicted octanol–water partition coefficient (Wildman–Crippen LogP) is 0.628. The number of H-pyrrole nitrogens is 2. The fraction of sp³-hybridized carbons (Fsp3) is 0. The van der Waals surface area contributed by atoms with E-state index in [9.17, 15) is 19.2 Å². The molecule has 0 atom stereocenters. The first-order valence-corrected chi connectivity index (χ1v) is 7.82. The van der Waals surface area contributed by atoms with E-state index in [1.165, 1.54) is 12.1 Å². The van der Waals surface area contributed by atoms with Crippen LogP contribution in [0.2, 0.25) is 0 Å². The Morgan fingerprint density at radius 1 is 1.04 bits per heavy atom. The molecule has 3 rings (SSSR count). The fourth-order valence-electron chi connectivity index (χ4n) is 2.66. The highest BCUT2D eigenvalue weighted by atomic mass is 16.2. The van der Waals surface area contributed by atoms with E-state index in [0.29, 0.717) is 23.2 Å². The number of nitrogens with zero attached hydrogens (tertiary/aromatic N) is 1. The first kappa shape index (κ1) is 17.8. The molecular weight excluding hydrogens is 350 g/mol. The van der Waals surface area contributed by atoms with E-state index in [4.69, 9.17) is 5.84 Å². The molecular formula is C18H15N5O4. The summed E-state index contributed by atoms with van der Waals surface area (Å²) in [5.41, 5.74) is 2.59. The van der Waals surface area contributed by atoms with Gasteiger partial charge >= 0.3 is 5.69 Å². The van der Waals surface area contributed by atoms with Crippen molar-refractivity contribution in [1.82, 2.24) is 15.4 Å². The summed E-state index contributed by atoms with van der Waals surface area (Å²) < 4.78 is 0. The molecule has 3 aromatic rings. The maximum Gasteiger partial charge on any atom is 0.327 e. The lowest BCUT2D eigenvalue weighted by Crippen LogP contribution is -2.30. The number of nitrogens with two attached hydrogens (primary N) is 1. The Morgan fingerprint density at radius 3 is 2.41 bits per heavy atom. The van der Waals surface area contributed by atoms with Gasteiger partial charge in [-0.3, -0.25) is 34.7 Å². The third-order valence-electron chi connectivity index (χ3n) is 3.85. The lowest BCUT2D eigenvalue weighted by molar-refractivity contribution is -0.106. The van der Waals surface area contributed by atoms with Gasteiger partial charge in [0.2, 0.25) is 6.41 Å². The second kappa shape index (κ2) is 7.50. The zero-order valence-corrected chi connectivity index (χ0v) is 13.9.